The van der Waals surface area contributed by atoms with Crippen LogP contribution < -0.4 is 4.74 Å². The summed E-state index contributed by atoms with van der Waals surface area (Å²) < 4.78 is 12.3. The second kappa shape index (κ2) is 5.96. The van der Waals surface area contributed by atoms with Crippen molar-refractivity contribution in [1.29, 1.82) is 0 Å². The highest BCUT2D eigenvalue weighted by Crippen LogP contribution is 2.31. The van der Waals surface area contributed by atoms with Crippen molar-refractivity contribution in [2.24, 2.45) is 0 Å². The van der Waals surface area contributed by atoms with Gasteiger partial charge in [0.2, 0.25) is 0 Å². The standard InChI is InChI=1S/C9H10I2O3/c1-2-13-5-14-9-7(10)3-6(12)4-8(9)11/h3-4,12H,2,5H2,1H3. The van der Waals surface area contributed by atoms with Crippen LogP contribution in [0.4, 0.5) is 0 Å². The Hall–Kier alpha value is 0.240. The lowest BCUT2D eigenvalue weighted by molar-refractivity contribution is 0.0213. The molecule has 0 aromatic heterocycles. The number of hydrogen-bond donors (Lipinski definition) is 1. The fourth-order valence-corrected chi connectivity index (χ4v) is 2.91. The quantitative estimate of drug-likeness (QED) is 0.463. The van der Waals surface area contributed by atoms with Gasteiger partial charge < -0.3 is 14.6 Å². The van der Waals surface area contributed by atoms with E-state index in [1.54, 1.807) is 12.1 Å². The molecule has 3 nitrogen and oxygen atoms in total. The molecule has 78 valence electrons. The van der Waals surface area contributed by atoms with Gasteiger partial charge in [0.15, 0.2) is 6.79 Å². The highest BCUT2D eigenvalue weighted by Gasteiger charge is 2.08. The van der Waals surface area contributed by atoms with E-state index in [1.807, 2.05) is 6.92 Å². The number of phenolic OH excluding ortho intramolecular Hbond substituents is 1. The Morgan fingerprint density at radius 1 is 1.29 bits per heavy atom. The van der Waals surface area contributed by atoms with E-state index in [2.05, 4.69) is 45.2 Å². The summed E-state index contributed by atoms with van der Waals surface area (Å²) >= 11 is 4.24. The van der Waals surface area contributed by atoms with E-state index in [4.69, 9.17) is 9.47 Å². The largest absolute Gasteiger partial charge is 0.508 e. The third-order valence-corrected chi connectivity index (χ3v) is 3.08. The zero-order chi connectivity index (χ0) is 10.6. The maximum Gasteiger partial charge on any atom is 0.189 e. The summed E-state index contributed by atoms with van der Waals surface area (Å²) in [6.07, 6.45) is 0. The van der Waals surface area contributed by atoms with Crippen molar-refractivity contribution < 1.29 is 14.6 Å². The third-order valence-electron chi connectivity index (χ3n) is 1.47. The van der Waals surface area contributed by atoms with Crippen LogP contribution in [-0.2, 0) is 4.74 Å². The summed E-state index contributed by atoms with van der Waals surface area (Å²) in [5.74, 6) is 1.01. The molecule has 0 atom stereocenters. The molecule has 1 rings (SSSR count). The number of rotatable bonds is 4. The average molecular weight is 420 g/mol. The maximum absolute atomic E-state index is 9.29. The van der Waals surface area contributed by atoms with Crippen LogP contribution in [0.5, 0.6) is 11.5 Å². The molecule has 0 heterocycles. The molecule has 0 amide bonds. The first-order valence-corrected chi connectivity index (χ1v) is 6.19. The molecule has 0 saturated carbocycles. The van der Waals surface area contributed by atoms with Crippen LogP contribution in [0, 0.1) is 7.14 Å². The van der Waals surface area contributed by atoms with Gasteiger partial charge in [-0.25, -0.2) is 0 Å². The predicted molar refractivity (Wildman–Crippen MR) is 70.7 cm³/mol. The van der Waals surface area contributed by atoms with Gasteiger partial charge in [-0.1, -0.05) is 0 Å². The van der Waals surface area contributed by atoms with Crippen LogP contribution in [0.25, 0.3) is 0 Å². The minimum atomic E-state index is 0.243. The molecule has 0 unspecified atom stereocenters. The number of aromatic hydroxyl groups is 1. The maximum atomic E-state index is 9.29. The summed E-state index contributed by atoms with van der Waals surface area (Å²) in [6.45, 7) is 2.79. The Labute approximate surface area is 110 Å². The van der Waals surface area contributed by atoms with Gasteiger partial charge in [0, 0.05) is 6.61 Å². The normalized spacial score (nSPS) is 10.2. The van der Waals surface area contributed by atoms with E-state index >= 15 is 0 Å². The molecule has 0 spiro atoms. The Balaban J connectivity index is 2.75. The Morgan fingerprint density at radius 2 is 1.86 bits per heavy atom. The molecule has 1 aromatic carbocycles. The van der Waals surface area contributed by atoms with Gasteiger partial charge >= 0.3 is 0 Å². The lowest BCUT2D eigenvalue weighted by Crippen LogP contribution is -2.04. The Bertz CT molecular complexity index is 292. The van der Waals surface area contributed by atoms with E-state index in [-0.39, 0.29) is 12.5 Å². The van der Waals surface area contributed by atoms with Crippen molar-refractivity contribution in [3.8, 4) is 11.5 Å². The van der Waals surface area contributed by atoms with Gasteiger partial charge in [-0.2, -0.15) is 0 Å². The fourth-order valence-electron chi connectivity index (χ4n) is 0.868. The number of hydrogen-bond acceptors (Lipinski definition) is 3. The van der Waals surface area contributed by atoms with Crippen LogP contribution in [0.15, 0.2) is 12.1 Å². The average Bonchev–Trinajstić information content (AvgIpc) is 2.09. The van der Waals surface area contributed by atoms with Crippen LogP contribution in [-0.4, -0.2) is 18.5 Å². The fraction of sp³-hybridized carbons (Fsp3) is 0.333. The number of benzene rings is 1. The van der Waals surface area contributed by atoms with Gasteiger partial charge in [0.05, 0.1) is 7.14 Å². The van der Waals surface area contributed by atoms with Gasteiger partial charge in [-0.05, 0) is 64.2 Å². The minimum Gasteiger partial charge on any atom is -0.508 e. The van der Waals surface area contributed by atoms with Crippen molar-refractivity contribution in [3.63, 3.8) is 0 Å². The molecule has 5 heteroatoms. The smallest absolute Gasteiger partial charge is 0.189 e. The lowest BCUT2D eigenvalue weighted by Gasteiger charge is -2.10. The minimum absolute atomic E-state index is 0.243. The summed E-state index contributed by atoms with van der Waals surface area (Å²) in [5, 5.41) is 9.29. The highest BCUT2D eigenvalue weighted by atomic mass is 127. The van der Waals surface area contributed by atoms with Crippen molar-refractivity contribution in [3.05, 3.63) is 19.3 Å². The van der Waals surface area contributed by atoms with E-state index in [0.717, 1.165) is 12.9 Å². The molecule has 0 radical (unpaired) electrons. The van der Waals surface area contributed by atoms with Gasteiger partial charge in [-0.15, -0.1) is 0 Å². The monoisotopic (exact) mass is 420 g/mol. The Morgan fingerprint density at radius 3 is 2.36 bits per heavy atom. The molecule has 0 aliphatic rings. The van der Waals surface area contributed by atoms with Crippen molar-refractivity contribution in [1.82, 2.24) is 0 Å². The van der Waals surface area contributed by atoms with E-state index < -0.39 is 0 Å². The molecule has 0 aliphatic carbocycles. The number of halogens is 2. The van der Waals surface area contributed by atoms with Crippen LogP contribution >= 0.6 is 45.2 Å². The third kappa shape index (κ3) is 3.43. The van der Waals surface area contributed by atoms with Gasteiger partial charge in [0.1, 0.15) is 11.5 Å². The number of phenols is 1. The molecule has 14 heavy (non-hydrogen) atoms. The zero-order valence-corrected chi connectivity index (χ0v) is 11.9. The second-order valence-electron chi connectivity index (χ2n) is 2.49. The molecular weight excluding hydrogens is 410 g/mol. The molecule has 1 N–H and O–H groups in total. The zero-order valence-electron chi connectivity index (χ0n) is 7.59. The van der Waals surface area contributed by atoms with Crippen molar-refractivity contribution in [2.45, 2.75) is 6.92 Å². The molecule has 0 saturated heterocycles. The van der Waals surface area contributed by atoms with E-state index in [0.29, 0.717) is 6.61 Å². The van der Waals surface area contributed by atoms with E-state index in [1.165, 1.54) is 0 Å². The molecular formula is C9H10I2O3. The van der Waals surface area contributed by atoms with Crippen molar-refractivity contribution >= 4 is 45.2 Å². The predicted octanol–water partition coefficient (Wildman–Crippen LogP) is 2.97. The molecule has 0 bridgehead atoms. The van der Waals surface area contributed by atoms with Crippen LogP contribution in [0.1, 0.15) is 6.92 Å². The number of ether oxygens (including phenoxy) is 2. The van der Waals surface area contributed by atoms with Gasteiger partial charge in [-0.3, -0.25) is 0 Å². The summed E-state index contributed by atoms with van der Waals surface area (Å²) in [5.41, 5.74) is 0. The second-order valence-corrected chi connectivity index (χ2v) is 4.82. The summed E-state index contributed by atoms with van der Waals surface area (Å²) in [6, 6.07) is 3.31. The molecule has 0 fully saturated rings. The first-order valence-electron chi connectivity index (χ1n) is 4.03. The van der Waals surface area contributed by atoms with E-state index in [9.17, 15) is 5.11 Å². The SMILES string of the molecule is CCOCOc1c(I)cc(O)cc1I. The van der Waals surface area contributed by atoms with Crippen molar-refractivity contribution in [2.75, 3.05) is 13.4 Å². The van der Waals surface area contributed by atoms with Crippen LogP contribution in [0.2, 0.25) is 0 Å². The topological polar surface area (TPSA) is 38.7 Å². The molecule has 1 aromatic rings. The summed E-state index contributed by atoms with van der Waals surface area (Å²) in [7, 11) is 0. The van der Waals surface area contributed by atoms with Gasteiger partial charge in [0.25, 0.3) is 0 Å². The lowest BCUT2D eigenvalue weighted by atomic mass is 10.3. The van der Waals surface area contributed by atoms with Crippen LogP contribution in [0.3, 0.4) is 0 Å². The highest BCUT2D eigenvalue weighted by molar-refractivity contribution is 14.1. The first kappa shape index (κ1) is 12.3. The molecule has 0 aliphatic heterocycles. The summed E-state index contributed by atoms with van der Waals surface area (Å²) in [4.78, 5) is 0. The Kier molecular flexibility index (Phi) is 5.24. The first-order chi connectivity index (χ1) is 6.65.